The molecular weight excluding hydrogens is 765 g/mol. The van der Waals surface area contributed by atoms with E-state index in [0.717, 1.165) is 74.8 Å². The Labute approximate surface area is 353 Å². The van der Waals surface area contributed by atoms with Crippen LogP contribution in [-0.4, -0.2) is 92.6 Å². The third-order valence-corrected chi connectivity index (χ3v) is 12.4. The molecule has 5 aromatic rings. The smallest absolute Gasteiger partial charge is 0.407 e. The molecule has 0 spiro atoms. The van der Waals surface area contributed by atoms with E-state index in [9.17, 15) is 19.2 Å². The number of nitrogens with zero attached hydrogens (tertiary/aromatic N) is 4. The number of amides is 4. The zero-order chi connectivity index (χ0) is 42.6. The van der Waals surface area contributed by atoms with Crippen molar-refractivity contribution in [2.45, 2.75) is 97.6 Å². The van der Waals surface area contributed by atoms with Crippen molar-refractivity contribution in [2.24, 2.45) is 17.8 Å². The van der Waals surface area contributed by atoms with Gasteiger partial charge in [0.05, 0.1) is 49.2 Å². The molecular formula is C45H60N8O7. The van der Waals surface area contributed by atoms with Crippen LogP contribution in [0, 0.1) is 17.8 Å². The predicted octanol–water partition coefficient (Wildman–Crippen LogP) is 8.13. The second kappa shape index (κ2) is 16.1. The van der Waals surface area contributed by atoms with Crippen molar-refractivity contribution >= 4 is 45.8 Å². The van der Waals surface area contributed by atoms with Gasteiger partial charge in [-0.1, -0.05) is 52.8 Å². The largest absolute Gasteiger partial charge is 0.488 e. The van der Waals surface area contributed by atoms with E-state index in [4.69, 9.17) is 24.2 Å². The monoisotopic (exact) mass is 824 g/mol. The molecule has 60 heavy (non-hydrogen) atoms. The van der Waals surface area contributed by atoms with E-state index >= 15 is 0 Å². The van der Waals surface area contributed by atoms with Crippen molar-refractivity contribution in [2.75, 3.05) is 20.8 Å². The topological polar surface area (TPSA) is 184 Å². The maximum atomic E-state index is 14.0. The Hall–Kier alpha value is -6.12. The maximum absolute atomic E-state index is 14.0. The standard InChI is InChI=1S/C45H54N8O7.3H2/c1-22(2)37(50-44(56)58-7)42(54)52-20-24(5)15-35(52)40-46-19-33(48-40)27-10-12-29-28(16-27)21-60-36-18-30-26(17-31(29)36)11-13-32-39(30)49-41(47-32)34-14-9-25(6)53(34)43(55)38(23(3)4)51-45(57)59-8;;;/h10-13,16-19,22-25,34-35,37-38H,9,14-15,20-21H2,1-8H3,(H,46,48)(H,47,49)(H,50,56)(H,51,57);3*1H/t24?,25-,34-,35?,37?,38?;;;/m0.../s1. The SMILES string of the molecule is COC(=O)NC(C(=O)N1CC(C)CC1c1ncc(-c2ccc3c(c2)COc2cc4c(ccc5[nH]c([C@@H]6CC[C@H](C)N6C(=O)C(NC(=O)OC)C(C)C)nc54)cc2-3)[nH]1)C(C)C.[HH].[HH].[HH]. The Balaban J connectivity index is 0.00000249. The zero-order valence-electron chi connectivity index (χ0n) is 35.4. The van der Waals surface area contributed by atoms with Crippen LogP contribution in [0.1, 0.15) is 94.4 Å². The number of fused-ring (bicyclic) bond motifs is 6. The molecule has 0 bridgehead atoms. The Kier molecular flexibility index (Phi) is 10.9. The minimum Gasteiger partial charge on any atom is -0.488 e. The number of alkyl carbamates (subject to hydrolysis) is 2. The second-order valence-electron chi connectivity index (χ2n) is 17.2. The highest BCUT2D eigenvalue weighted by Crippen LogP contribution is 2.44. The molecule has 0 saturated carbocycles. The number of methoxy groups -OCH3 is 2. The van der Waals surface area contributed by atoms with Gasteiger partial charge in [0.15, 0.2) is 0 Å². The lowest BCUT2D eigenvalue weighted by atomic mass is 9.92. The van der Waals surface area contributed by atoms with Gasteiger partial charge in [0.25, 0.3) is 0 Å². The first kappa shape index (κ1) is 40.7. The van der Waals surface area contributed by atoms with Gasteiger partial charge in [0.1, 0.15) is 36.1 Å². The van der Waals surface area contributed by atoms with E-state index in [0.29, 0.717) is 24.8 Å². The Morgan fingerprint density at radius 2 is 1.57 bits per heavy atom. The summed E-state index contributed by atoms with van der Waals surface area (Å²) < 4.78 is 16.0. The molecule has 4 unspecified atom stereocenters. The summed E-state index contributed by atoms with van der Waals surface area (Å²) >= 11 is 0. The van der Waals surface area contributed by atoms with Crippen LogP contribution in [0.2, 0.25) is 0 Å². The van der Waals surface area contributed by atoms with Gasteiger partial charge in [-0.3, -0.25) is 9.59 Å². The lowest BCUT2D eigenvalue weighted by molar-refractivity contribution is -0.137. The van der Waals surface area contributed by atoms with Crippen LogP contribution in [0.15, 0.2) is 48.7 Å². The number of hydrogen-bond donors (Lipinski definition) is 4. The van der Waals surface area contributed by atoms with Crippen LogP contribution in [0.25, 0.3) is 44.2 Å². The second-order valence-corrected chi connectivity index (χ2v) is 17.2. The van der Waals surface area contributed by atoms with E-state index in [-0.39, 0.29) is 52.0 Å². The fourth-order valence-corrected chi connectivity index (χ4v) is 9.19. The number of H-pyrrole nitrogens is 2. The van der Waals surface area contributed by atoms with Gasteiger partial charge in [-0.25, -0.2) is 19.6 Å². The number of carbonyl (C=O) groups excluding carboxylic acids is 4. The molecule has 0 aliphatic carbocycles. The minimum absolute atomic E-state index is 0. The molecule has 15 nitrogen and oxygen atoms in total. The van der Waals surface area contributed by atoms with Crippen molar-refractivity contribution in [1.82, 2.24) is 40.4 Å². The molecule has 3 aliphatic heterocycles. The average Bonchev–Trinajstić information content (AvgIpc) is 4.05. The molecule has 3 aromatic carbocycles. The number of ether oxygens (including phenoxy) is 3. The summed E-state index contributed by atoms with van der Waals surface area (Å²) in [5.74, 6) is 1.89. The van der Waals surface area contributed by atoms with Crippen molar-refractivity contribution < 1.29 is 37.7 Å². The maximum Gasteiger partial charge on any atom is 0.407 e. The fourth-order valence-electron chi connectivity index (χ4n) is 9.19. The molecule has 2 fully saturated rings. The molecule has 4 amide bonds. The number of likely N-dealkylation sites (tertiary alicyclic amines) is 2. The van der Waals surface area contributed by atoms with E-state index in [2.05, 4.69) is 63.9 Å². The Bertz CT molecular complexity index is 2490. The minimum atomic E-state index is -0.726. The van der Waals surface area contributed by atoms with Crippen molar-refractivity contribution in [3.05, 3.63) is 65.9 Å². The third-order valence-electron chi connectivity index (χ3n) is 12.4. The van der Waals surface area contributed by atoms with Gasteiger partial charge in [0.2, 0.25) is 11.8 Å². The van der Waals surface area contributed by atoms with Crippen LogP contribution >= 0.6 is 0 Å². The molecule has 6 atom stereocenters. The van der Waals surface area contributed by atoms with Crippen LogP contribution < -0.4 is 15.4 Å². The molecule has 5 heterocycles. The van der Waals surface area contributed by atoms with Gasteiger partial charge in [-0.2, -0.15) is 0 Å². The Morgan fingerprint density at radius 3 is 2.27 bits per heavy atom. The third kappa shape index (κ3) is 7.38. The molecule has 2 aromatic heterocycles. The number of hydrogen-bond acceptors (Lipinski definition) is 9. The number of rotatable bonds is 9. The summed E-state index contributed by atoms with van der Waals surface area (Å²) in [4.78, 5) is 72.6. The summed E-state index contributed by atoms with van der Waals surface area (Å²) in [5, 5.41) is 7.42. The number of aromatic nitrogens is 4. The molecule has 3 aliphatic rings. The van der Waals surface area contributed by atoms with E-state index < -0.39 is 24.3 Å². The van der Waals surface area contributed by atoms with Gasteiger partial charge in [-0.05, 0) is 90.3 Å². The van der Waals surface area contributed by atoms with Crippen molar-refractivity contribution in [3.63, 3.8) is 0 Å². The zero-order valence-corrected chi connectivity index (χ0v) is 35.4. The summed E-state index contributed by atoms with van der Waals surface area (Å²) in [7, 11) is 2.59. The lowest BCUT2D eigenvalue weighted by Crippen LogP contribution is -2.52. The summed E-state index contributed by atoms with van der Waals surface area (Å²) in [6, 6.07) is 12.7. The number of nitrogens with one attached hydrogen (secondary N) is 4. The van der Waals surface area contributed by atoms with Crippen LogP contribution in [-0.2, 0) is 25.7 Å². The average molecular weight is 825 g/mol. The van der Waals surface area contributed by atoms with Crippen molar-refractivity contribution in [3.8, 4) is 28.1 Å². The summed E-state index contributed by atoms with van der Waals surface area (Å²) in [5.41, 5.74) is 6.58. The van der Waals surface area contributed by atoms with Gasteiger partial charge < -0.3 is 44.6 Å². The fraction of sp³-hybridized carbons (Fsp3) is 0.467. The summed E-state index contributed by atoms with van der Waals surface area (Å²) in [6.45, 7) is 12.7. The first-order valence-electron chi connectivity index (χ1n) is 20.9. The predicted molar refractivity (Wildman–Crippen MR) is 232 cm³/mol. The first-order chi connectivity index (χ1) is 28.8. The highest BCUT2D eigenvalue weighted by atomic mass is 16.5. The first-order valence-corrected chi connectivity index (χ1v) is 20.9. The normalized spacial score (nSPS) is 20.8. The number of aromatic amines is 2. The van der Waals surface area contributed by atoms with E-state index in [1.54, 1.807) is 0 Å². The van der Waals surface area contributed by atoms with Crippen LogP contribution in [0.5, 0.6) is 5.75 Å². The number of benzene rings is 3. The van der Waals surface area contributed by atoms with Gasteiger partial charge >= 0.3 is 12.2 Å². The number of carbonyl (C=O) groups is 4. The van der Waals surface area contributed by atoms with Gasteiger partial charge in [-0.15, -0.1) is 0 Å². The van der Waals surface area contributed by atoms with Gasteiger partial charge in [0, 0.05) is 27.8 Å². The lowest BCUT2D eigenvalue weighted by Gasteiger charge is -2.32. The quantitative estimate of drug-likeness (QED) is 0.114. The number of imidazole rings is 2. The highest BCUT2D eigenvalue weighted by molar-refractivity contribution is 6.07. The van der Waals surface area contributed by atoms with Crippen molar-refractivity contribution in [1.29, 1.82) is 0 Å². The molecule has 0 radical (unpaired) electrons. The van der Waals surface area contributed by atoms with E-state index in [1.165, 1.54) is 14.2 Å². The van der Waals surface area contributed by atoms with Crippen LogP contribution in [0.3, 0.4) is 0 Å². The molecule has 2 saturated heterocycles. The highest BCUT2D eigenvalue weighted by Gasteiger charge is 2.42. The van der Waals surface area contributed by atoms with E-state index in [1.807, 2.05) is 56.7 Å². The Morgan fingerprint density at radius 1 is 0.850 bits per heavy atom. The molecule has 322 valence electrons. The molecule has 8 rings (SSSR count). The van der Waals surface area contributed by atoms with Crippen LogP contribution in [0.4, 0.5) is 9.59 Å². The summed E-state index contributed by atoms with van der Waals surface area (Å²) in [6.07, 6.45) is 2.87. The molecule has 15 heteroatoms. The molecule has 4 N–H and O–H groups in total.